The van der Waals surface area contributed by atoms with Crippen LogP contribution in [0.1, 0.15) is 6.92 Å². The van der Waals surface area contributed by atoms with Crippen molar-refractivity contribution in [1.82, 2.24) is 4.72 Å². The first-order valence-corrected chi connectivity index (χ1v) is 6.11. The smallest absolute Gasteiger partial charge is 0.240 e. The van der Waals surface area contributed by atoms with Gasteiger partial charge in [-0.1, -0.05) is 18.2 Å². The summed E-state index contributed by atoms with van der Waals surface area (Å²) in [5, 5.41) is 0. The first kappa shape index (κ1) is 12.2. The number of methoxy groups -OCH3 is 1. The predicted octanol–water partition coefficient (Wildman–Crippen LogP) is 1.000. The quantitative estimate of drug-likeness (QED) is 0.819. The molecule has 5 heteroatoms. The number of nitrogens with one attached hydrogen (secondary N) is 1. The maximum absolute atomic E-state index is 11.8. The fraction of sp³-hybridized carbons (Fsp3) is 0.400. The van der Waals surface area contributed by atoms with Gasteiger partial charge in [-0.3, -0.25) is 0 Å². The van der Waals surface area contributed by atoms with Gasteiger partial charge < -0.3 is 4.74 Å². The van der Waals surface area contributed by atoms with Crippen LogP contribution in [0.4, 0.5) is 0 Å². The zero-order chi connectivity index (χ0) is 11.3. The van der Waals surface area contributed by atoms with E-state index in [1.165, 1.54) is 7.11 Å². The van der Waals surface area contributed by atoms with Crippen molar-refractivity contribution in [1.29, 1.82) is 0 Å². The van der Waals surface area contributed by atoms with E-state index in [0.717, 1.165) is 0 Å². The summed E-state index contributed by atoms with van der Waals surface area (Å²) in [4.78, 5) is 0.271. The summed E-state index contributed by atoms with van der Waals surface area (Å²) in [6, 6.07) is 8.03. The van der Waals surface area contributed by atoms with Crippen LogP contribution >= 0.6 is 0 Å². The number of hydrogen-bond donors (Lipinski definition) is 1. The molecule has 1 N–H and O–H groups in total. The van der Waals surface area contributed by atoms with Gasteiger partial charge in [-0.25, -0.2) is 13.1 Å². The number of benzene rings is 1. The van der Waals surface area contributed by atoms with Gasteiger partial charge in [0.1, 0.15) is 0 Å². The van der Waals surface area contributed by atoms with Gasteiger partial charge in [0.25, 0.3) is 0 Å². The molecule has 84 valence electrons. The van der Waals surface area contributed by atoms with Gasteiger partial charge >= 0.3 is 0 Å². The molecule has 1 atom stereocenters. The van der Waals surface area contributed by atoms with E-state index in [9.17, 15) is 8.42 Å². The van der Waals surface area contributed by atoms with Crippen molar-refractivity contribution in [2.75, 3.05) is 13.7 Å². The summed E-state index contributed by atoms with van der Waals surface area (Å²) in [6.45, 7) is 2.11. The Labute approximate surface area is 90.3 Å². The molecule has 1 rings (SSSR count). The largest absolute Gasteiger partial charge is 0.383 e. The van der Waals surface area contributed by atoms with Gasteiger partial charge in [0.2, 0.25) is 10.0 Å². The summed E-state index contributed by atoms with van der Waals surface area (Å²) >= 11 is 0. The molecule has 0 aromatic heterocycles. The minimum Gasteiger partial charge on any atom is -0.383 e. The van der Waals surface area contributed by atoms with Gasteiger partial charge in [-0.2, -0.15) is 0 Å². The van der Waals surface area contributed by atoms with Crippen molar-refractivity contribution in [2.45, 2.75) is 17.9 Å². The lowest BCUT2D eigenvalue weighted by molar-refractivity contribution is 0.180. The molecule has 0 saturated heterocycles. The van der Waals surface area contributed by atoms with Crippen molar-refractivity contribution < 1.29 is 13.2 Å². The Kier molecular flexibility index (Phi) is 4.26. The van der Waals surface area contributed by atoms with Crippen molar-refractivity contribution in [3.05, 3.63) is 30.3 Å². The molecule has 0 saturated carbocycles. The average Bonchev–Trinajstić information content (AvgIpc) is 2.18. The highest BCUT2D eigenvalue weighted by Crippen LogP contribution is 2.07. The zero-order valence-electron chi connectivity index (χ0n) is 8.80. The second-order valence-electron chi connectivity index (χ2n) is 3.29. The Morgan fingerprint density at radius 1 is 1.33 bits per heavy atom. The molecule has 1 aromatic carbocycles. The lowest BCUT2D eigenvalue weighted by Crippen LogP contribution is -2.35. The molecule has 0 aliphatic carbocycles. The van der Waals surface area contributed by atoms with Crippen molar-refractivity contribution in [3.8, 4) is 0 Å². The van der Waals surface area contributed by atoms with Crippen LogP contribution in [-0.4, -0.2) is 28.2 Å². The molecule has 0 bridgehead atoms. The predicted molar refractivity (Wildman–Crippen MR) is 58.1 cm³/mol. The molecule has 0 aliphatic rings. The normalized spacial score (nSPS) is 13.7. The van der Waals surface area contributed by atoms with E-state index in [1.807, 2.05) is 0 Å². The van der Waals surface area contributed by atoms with Gasteiger partial charge in [-0.05, 0) is 19.1 Å². The van der Waals surface area contributed by atoms with Crippen molar-refractivity contribution in [3.63, 3.8) is 0 Å². The molecular formula is C10H15NO3S. The van der Waals surface area contributed by atoms with Crippen LogP contribution < -0.4 is 4.72 Å². The fourth-order valence-electron chi connectivity index (χ4n) is 1.22. The monoisotopic (exact) mass is 229 g/mol. The van der Waals surface area contributed by atoms with E-state index >= 15 is 0 Å². The second kappa shape index (κ2) is 5.25. The standard InChI is InChI=1S/C10H15NO3S/c1-9(8-14-2)11-15(12,13)10-6-4-3-5-7-10/h3-7,9,11H,8H2,1-2H3/t9-/m0/s1. The molecule has 0 fully saturated rings. The molecule has 0 radical (unpaired) electrons. The molecule has 0 spiro atoms. The minimum absolute atomic E-state index is 0.236. The highest BCUT2D eigenvalue weighted by Gasteiger charge is 2.16. The summed E-state index contributed by atoms with van der Waals surface area (Å²) in [5.41, 5.74) is 0. The zero-order valence-corrected chi connectivity index (χ0v) is 9.62. The molecular weight excluding hydrogens is 214 g/mol. The summed E-state index contributed by atoms with van der Waals surface area (Å²) in [6.07, 6.45) is 0. The van der Waals surface area contributed by atoms with Gasteiger partial charge in [0.05, 0.1) is 11.5 Å². The van der Waals surface area contributed by atoms with E-state index in [1.54, 1.807) is 37.3 Å². The first-order chi connectivity index (χ1) is 7.06. The molecule has 0 aliphatic heterocycles. The number of ether oxygens (including phenoxy) is 1. The van der Waals surface area contributed by atoms with E-state index in [2.05, 4.69) is 4.72 Å². The number of rotatable bonds is 5. The third-order valence-electron chi connectivity index (χ3n) is 1.83. The van der Waals surface area contributed by atoms with Crippen molar-refractivity contribution >= 4 is 10.0 Å². The van der Waals surface area contributed by atoms with Crippen LogP contribution in [0.3, 0.4) is 0 Å². The lowest BCUT2D eigenvalue weighted by Gasteiger charge is -2.12. The summed E-state index contributed by atoms with van der Waals surface area (Å²) in [7, 11) is -1.88. The van der Waals surface area contributed by atoms with Gasteiger partial charge in [0.15, 0.2) is 0 Å². The fourth-order valence-corrected chi connectivity index (χ4v) is 2.47. The summed E-state index contributed by atoms with van der Waals surface area (Å²) in [5.74, 6) is 0. The number of hydrogen-bond acceptors (Lipinski definition) is 3. The molecule has 0 unspecified atom stereocenters. The Bertz CT molecular complexity index is 388. The second-order valence-corrected chi connectivity index (χ2v) is 5.00. The Hall–Kier alpha value is -0.910. The summed E-state index contributed by atoms with van der Waals surface area (Å²) < 4.78 is 30.9. The molecule has 4 nitrogen and oxygen atoms in total. The average molecular weight is 229 g/mol. The third kappa shape index (κ3) is 3.62. The third-order valence-corrected chi connectivity index (χ3v) is 3.43. The van der Waals surface area contributed by atoms with E-state index in [0.29, 0.717) is 6.61 Å². The Morgan fingerprint density at radius 2 is 1.93 bits per heavy atom. The maximum atomic E-state index is 11.8. The van der Waals surface area contributed by atoms with Crippen molar-refractivity contribution in [2.24, 2.45) is 0 Å². The Balaban J connectivity index is 2.77. The van der Waals surface area contributed by atoms with Gasteiger partial charge in [0, 0.05) is 13.2 Å². The van der Waals surface area contributed by atoms with Crippen LogP contribution in [0.5, 0.6) is 0 Å². The van der Waals surface area contributed by atoms with E-state index in [4.69, 9.17) is 4.74 Å². The van der Waals surface area contributed by atoms with E-state index < -0.39 is 10.0 Å². The maximum Gasteiger partial charge on any atom is 0.240 e. The van der Waals surface area contributed by atoms with Gasteiger partial charge in [-0.15, -0.1) is 0 Å². The van der Waals surface area contributed by atoms with Crippen LogP contribution in [0, 0.1) is 0 Å². The molecule has 1 aromatic rings. The molecule has 0 heterocycles. The molecule has 0 amide bonds. The van der Waals surface area contributed by atoms with Crippen LogP contribution in [0.15, 0.2) is 35.2 Å². The minimum atomic E-state index is -3.41. The van der Waals surface area contributed by atoms with E-state index in [-0.39, 0.29) is 10.9 Å². The topological polar surface area (TPSA) is 55.4 Å². The lowest BCUT2D eigenvalue weighted by atomic mass is 10.4. The highest BCUT2D eigenvalue weighted by atomic mass is 32.2. The van der Waals surface area contributed by atoms with Crippen LogP contribution in [0.2, 0.25) is 0 Å². The first-order valence-electron chi connectivity index (χ1n) is 4.62. The molecule has 15 heavy (non-hydrogen) atoms. The highest BCUT2D eigenvalue weighted by molar-refractivity contribution is 7.89. The number of sulfonamides is 1. The van der Waals surface area contributed by atoms with Crippen LogP contribution in [0.25, 0.3) is 0 Å². The SMILES string of the molecule is COC[C@H](C)NS(=O)(=O)c1ccccc1. The Morgan fingerprint density at radius 3 is 2.47 bits per heavy atom. The van der Waals surface area contributed by atoms with Crippen LogP contribution in [-0.2, 0) is 14.8 Å².